The van der Waals surface area contributed by atoms with Gasteiger partial charge in [0.1, 0.15) is 6.04 Å². The number of carbonyl (C=O) groups is 3. The van der Waals surface area contributed by atoms with Gasteiger partial charge in [0.15, 0.2) is 0 Å². The molecule has 1 fully saturated rings. The van der Waals surface area contributed by atoms with Crippen LogP contribution in [-0.4, -0.2) is 23.8 Å². The minimum atomic E-state index is -0.681. The summed E-state index contributed by atoms with van der Waals surface area (Å²) in [5.41, 5.74) is 3.33. The van der Waals surface area contributed by atoms with Crippen LogP contribution in [0.2, 0.25) is 0 Å². The van der Waals surface area contributed by atoms with Crippen molar-refractivity contribution in [2.75, 3.05) is 0 Å². The number of nitrogens with one attached hydrogen (secondary N) is 2. The molecule has 1 heterocycles. The van der Waals surface area contributed by atoms with Gasteiger partial charge in [-0.05, 0) is 18.4 Å². The highest BCUT2D eigenvalue weighted by Crippen LogP contribution is 2.20. The van der Waals surface area contributed by atoms with E-state index in [1.807, 2.05) is 37.3 Å². The van der Waals surface area contributed by atoms with Crippen molar-refractivity contribution in [2.24, 2.45) is 0 Å². The lowest BCUT2D eigenvalue weighted by Crippen LogP contribution is -2.51. The molecule has 2 N–H and O–H groups in total. The highest BCUT2D eigenvalue weighted by atomic mass is 16.7. The normalized spacial score (nSPS) is 19.8. The van der Waals surface area contributed by atoms with E-state index in [4.69, 9.17) is 4.84 Å². The van der Waals surface area contributed by atoms with Gasteiger partial charge in [0.25, 0.3) is 0 Å². The number of hydroxylamine groups is 1. The fourth-order valence-electron chi connectivity index (χ4n) is 2.23. The van der Waals surface area contributed by atoms with Crippen molar-refractivity contribution in [1.82, 2.24) is 10.8 Å². The number of hydrogen-bond acceptors (Lipinski definition) is 5. The van der Waals surface area contributed by atoms with Crippen LogP contribution in [0, 0.1) is 0 Å². The summed E-state index contributed by atoms with van der Waals surface area (Å²) in [4.78, 5) is 39.7. The predicted octanol–water partition coefficient (Wildman–Crippen LogP) is 1.03. The number of hydrogen-bond donors (Lipinski definition) is 2. The molecular formula is C15H18N2O4. The standard InChI is InChI=1S/C15H18N2O4/c1-2-11(10-6-4-3-5-7-10)15(20)21-17-12-8-9-13(18)16-14(12)19/h3-7,11-12,17H,2,8-9H2,1H3,(H,16,18,19). The molecule has 2 rings (SSSR count). The molecule has 2 atom stereocenters. The van der Waals surface area contributed by atoms with Gasteiger partial charge in [-0.1, -0.05) is 37.3 Å². The first-order chi connectivity index (χ1) is 10.1. The number of benzene rings is 1. The Kier molecular flexibility index (Phi) is 5.05. The molecule has 6 nitrogen and oxygen atoms in total. The maximum absolute atomic E-state index is 12.1. The van der Waals surface area contributed by atoms with Crippen LogP contribution in [0.25, 0.3) is 0 Å². The van der Waals surface area contributed by atoms with Gasteiger partial charge < -0.3 is 4.84 Å². The molecule has 1 aliphatic heterocycles. The summed E-state index contributed by atoms with van der Waals surface area (Å²) >= 11 is 0. The summed E-state index contributed by atoms with van der Waals surface area (Å²) < 4.78 is 0. The van der Waals surface area contributed by atoms with Crippen LogP contribution >= 0.6 is 0 Å². The molecule has 0 aromatic heterocycles. The van der Waals surface area contributed by atoms with E-state index in [0.29, 0.717) is 12.8 Å². The van der Waals surface area contributed by atoms with Crippen LogP contribution in [-0.2, 0) is 19.2 Å². The topological polar surface area (TPSA) is 84.5 Å². The Morgan fingerprint density at radius 3 is 2.71 bits per heavy atom. The van der Waals surface area contributed by atoms with Crippen molar-refractivity contribution >= 4 is 17.8 Å². The fourth-order valence-corrected chi connectivity index (χ4v) is 2.23. The van der Waals surface area contributed by atoms with E-state index >= 15 is 0 Å². The van der Waals surface area contributed by atoms with Crippen molar-refractivity contribution < 1.29 is 19.2 Å². The zero-order valence-corrected chi connectivity index (χ0v) is 11.8. The van der Waals surface area contributed by atoms with Gasteiger partial charge >= 0.3 is 5.97 Å². The van der Waals surface area contributed by atoms with E-state index < -0.39 is 17.9 Å². The number of carbonyl (C=O) groups excluding carboxylic acids is 3. The van der Waals surface area contributed by atoms with Gasteiger partial charge in [-0.25, -0.2) is 4.79 Å². The Morgan fingerprint density at radius 1 is 1.38 bits per heavy atom. The molecule has 0 aliphatic carbocycles. The summed E-state index contributed by atoms with van der Waals surface area (Å²) in [6.45, 7) is 1.89. The molecule has 2 amide bonds. The summed E-state index contributed by atoms with van der Waals surface area (Å²) in [7, 11) is 0. The summed E-state index contributed by atoms with van der Waals surface area (Å²) in [5.74, 6) is -1.59. The molecule has 0 saturated carbocycles. The molecule has 0 radical (unpaired) electrons. The minimum absolute atomic E-state index is 0.233. The van der Waals surface area contributed by atoms with Crippen LogP contribution in [0.15, 0.2) is 30.3 Å². The molecule has 21 heavy (non-hydrogen) atoms. The number of piperidine rings is 1. The molecule has 1 saturated heterocycles. The molecule has 6 heteroatoms. The van der Waals surface area contributed by atoms with E-state index in [-0.39, 0.29) is 18.2 Å². The van der Waals surface area contributed by atoms with Crippen LogP contribution in [0.1, 0.15) is 37.7 Å². The number of amides is 2. The highest BCUT2D eigenvalue weighted by molar-refractivity contribution is 6.00. The number of rotatable bonds is 5. The summed E-state index contributed by atoms with van der Waals surface area (Å²) in [6.07, 6.45) is 1.15. The third-order valence-corrected chi connectivity index (χ3v) is 3.44. The molecule has 0 bridgehead atoms. The highest BCUT2D eigenvalue weighted by Gasteiger charge is 2.29. The fraction of sp³-hybridized carbons (Fsp3) is 0.400. The third kappa shape index (κ3) is 3.88. The maximum Gasteiger partial charge on any atom is 0.332 e. The SMILES string of the molecule is CCC(C(=O)ONC1CCC(=O)NC1=O)c1ccccc1. The lowest BCUT2D eigenvalue weighted by atomic mass is 9.97. The molecule has 0 spiro atoms. The first kappa shape index (κ1) is 15.2. The second kappa shape index (κ2) is 6.99. The number of imide groups is 1. The molecule has 2 unspecified atom stereocenters. The molecular weight excluding hydrogens is 272 g/mol. The summed E-state index contributed by atoms with van der Waals surface area (Å²) in [6, 6.07) is 8.64. The lowest BCUT2D eigenvalue weighted by molar-refractivity contribution is -0.157. The average molecular weight is 290 g/mol. The monoisotopic (exact) mass is 290 g/mol. The van der Waals surface area contributed by atoms with Gasteiger partial charge in [-0.15, -0.1) is 5.48 Å². The Labute approximate surface area is 122 Å². The second-order valence-electron chi connectivity index (χ2n) is 4.91. The lowest BCUT2D eigenvalue weighted by Gasteiger charge is -2.22. The Bertz CT molecular complexity index is 530. The van der Waals surface area contributed by atoms with E-state index in [0.717, 1.165) is 5.56 Å². The Morgan fingerprint density at radius 2 is 2.10 bits per heavy atom. The zero-order chi connectivity index (χ0) is 15.2. The molecule has 1 aromatic carbocycles. The summed E-state index contributed by atoms with van der Waals surface area (Å²) in [5, 5.41) is 2.20. The van der Waals surface area contributed by atoms with Crippen LogP contribution in [0.5, 0.6) is 0 Å². The van der Waals surface area contributed by atoms with Gasteiger partial charge in [-0.2, -0.15) is 0 Å². The molecule has 1 aliphatic rings. The smallest absolute Gasteiger partial charge is 0.332 e. The van der Waals surface area contributed by atoms with Crippen molar-refractivity contribution in [1.29, 1.82) is 0 Å². The maximum atomic E-state index is 12.1. The minimum Gasteiger partial charge on any atom is -0.369 e. The van der Waals surface area contributed by atoms with E-state index in [1.165, 1.54) is 0 Å². The quantitative estimate of drug-likeness (QED) is 0.625. The van der Waals surface area contributed by atoms with Gasteiger partial charge in [-0.3, -0.25) is 14.9 Å². The largest absolute Gasteiger partial charge is 0.369 e. The molecule has 112 valence electrons. The van der Waals surface area contributed by atoms with Crippen molar-refractivity contribution in [3.05, 3.63) is 35.9 Å². The third-order valence-electron chi connectivity index (χ3n) is 3.44. The first-order valence-electron chi connectivity index (χ1n) is 6.96. The first-order valence-corrected chi connectivity index (χ1v) is 6.96. The van der Waals surface area contributed by atoms with Crippen LogP contribution in [0.4, 0.5) is 0 Å². The Balaban J connectivity index is 1.91. The van der Waals surface area contributed by atoms with Crippen LogP contribution < -0.4 is 10.8 Å². The van der Waals surface area contributed by atoms with E-state index in [2.05, 4.69) is 10.8 Å². The Hall–Kier alpha value is -2.21. The predicted molar refractivity (Wildman–Crippen MR) is 74.9 cm³/mol. The van der Waals surface area contributed by atoms with Crippen molar-refractivity contribution in [3.63, 3.8) is 0 Å². The van der Waals surface area contributed by atoms with Gasteiger partial charge in [0, 0.05) is 6.42 Å². The van der Waals surface area contributed by atoms with E-state index in [1.54, 1.807) is 0 Å². The van der Waals surface area contributed by atoms with Crippen molar-refractivity contribution in [2.45, 2.75) is 38.1 Å². The average Bonchev–Trinajstić information content (AvgIpc) is 2.48. The van der Waals surface area contributed by atoms with Crippen molar-refractivity contribution in [3.8, 4) is 0 Å². The molecule has 1 aromatic rings. The van der Waals surface area contributed by atoms with Crippen LogP contribution in [0.3, 0.4) is 0 Å². The second-order valence-corrected chi connectivity index (χ2v) is 4.91. The zero-order valence-electron chi connectivity index (χ0n) is 11.8. The van der Waals surface area contributed by atoms with Gasteiger partial charge in [0.2, 0.25) is 11.8 Å². The van der Waals surface area contributed by atoms with E-state index in [9.17, 15) is 14.4 Å². The van der Waals surface area contributed by atoms with Gasteiger partial charge in [0.05, 0.1) is 5.92 Å².